The average Bonchev–Trinajstić information content (AvgIpc) is 2.75. The lowest BCUT2D eigenvalue weighted by Gasteiger charge is -2.12. The molecule has 0 saturated heterocycles. The van der Waals surface area contributed by atoms with E-state index in [1.165, 1.54) is 7.11 Å². The van der Waals surface area contributed by atoms with Crippen molar-refractivity contribution < 1.29 is 14.3 Å². The van der Waals surface area contributed by atoms with Gasteiger partial charge in [-0.3, -0.25) is 14.9 Å². The molecule has 0 heterocycles. The van der Waals surface area contributed by atoms with E-state index in [9.17, 15) is 9.59 Å². The van der Waals surface area contributed by atoms with E-state index >= 15 is 0 Å². The minimum atomic E-state index is -0.391. The molecule has 0 aliphatic heterocycles. The average molecular weight is 484 g/mol. The van der Waals surface area contributed by atoms with E-state index in [0.29, 0.717) is 28.3 Å². The van der Waals surface area contributed by atoms with Crippen molar-refractivity contribution in [2.75, 3.05) is 17.7 Å². The van der Waals surface area contributed by atoms with Gasteiger partial charge in [-0.25, -0.2) is 0 Å². The van der Waals surface area contributed by atoms with Crippen molar-refractivity contribution in [3.05, 3.63) is 88.4 Å². The van der Waals surface area contributed by atoms with Crippen molar-refractivity contribution in [1.29, 1.82) is 0 Å². The van der Waals surface area contributed by atoms with Gasteiger partial charge in [-0.2, -0.15) is 0 Å². The van der Waals surface area contributed by atoms with Crippen LogP contribution in [0.15, 0.2) is 77.3 Å². The summed E-state index contributed by atoms with van der Waals surface area (Å²) in [6, 6.07) is 21.1. The zero-order valence-corrected chi connectivity index (χ0v) is 18.3. The number of carbonyl (C=O) groups excluding carboxylic acids is 2. The largest absolute Gasteiger partial charge is 0.496 e. The molecule has 3 N–H and O–H groups in total. The Bertz CT molecular complexity index is 1070. The van der Waals surface area contributed by atoms with Gasteiger partial charge in [0.1, 0.15) is 5.75 Å². The van der Waals surface area contributed by atoms with E-state index in [0.717, 1.165) is 4.47 Å². The number of amides is 2. The Hall–Kier alpha value is -3.23. The summed E-state index contributed by atoms with van der Waals surface area (Å²) < 4.78 is 5.97. The number of thiocarbonyl (C=S) groups is 1. The molecule has 30 heavy (non-hydrogen) atoms. The number of hydrogen-bond acceptors (Lipinski definition) is 4. The lowest BCUT2D eigenvalue weighted by molar-refractivity contribution is 0.0973. The molecule has 8 heteroatoms. The Labute approximate surface area is 187 Å². The smallest absolute Gasteiger partial charge is 0.261 e. The number of nitrogens with one attached hydrogen (secondary N) is 3. The van der Waals surface area contributed by atoms with Crippen molar-refractivity contribution in [2.24, 2.45) is 0 Å². The molecular weight excluding hydrogens is 466 g/mol. The number of carbonyl (C=O) groups is 2. The fourth-order valence-corrected chi connectivity index (χ4v) is 3.19. The number of rotatable bonds is 5. The van der Waals surface area contributed by atoms with Crippen LogP contribution >= 0.6 is 28.1 Å². The van der Waals surface area contributed by atoms with Crippen molar-refractivity contribution in [2.45, 2.75) is 0 Å². The molecule has 0 saturated carbocycles. The van der Waals surface area contributed by atoms with Crippen LogP contribution in [-0.4, -0.2) is 24.0 Å². The summed E-state index contributed by atoms with van der Waals surface area (Å²) in [6.45, 7) is 0. The topological polar surface area (TPSA) is 79.5 Å². The summed E-state index contributed by atoms with van der Waals surface area (Å²) in [5.41, 5.74) is 2.24. The first-order valence-electron chi connectivity index (χ1n) is 8.88. The molecule has 6 nitrogen and oxygen atoms in total. The van der Waals surface area contributed by atoms with Crippen LogP contribution in [0.3, 0.4) is 0 Å². The summed E-state index contributed by atoms with van der Waals surface area (Å²) in [5.74, 6) is -0.142. The van der Waals surface area contributed by atoms with Crippen molar-refractivity contribution in [3.8, 4) is 5.75 Å². The van der Waals surface area contributed by atoms with Gasteiger partial charge in [0, 0.05) is 21.4 Å². The third kappa shape index (κ3) is 5.65. The summed E-state index contributed by atoms with van der Waals surface area (Å²) >= 11 is 8.56. The highest BCUT2D eigenvalue weighted by molar-refractivity contribution is 9.10. The van der Waals surface area contributed by atoms with E-state index in [-0.39, 0.29) is 11.0 Å². The van der Waals surface area contributed by atoms with Crippen LogP contribution in [0.25, 0.3) is 0 Å². The van der Waals surface area contributed by atoms with Crippen LogP contribution in [0.5, 0.6) is 5.75 Å². The molecule has 0 fully saturated rings. The molecule has 3 aromatic carbocycles. The fourth-order valence-electron chi connectivity index (χ4n) is 2.62. The standard InChI is InChI=1S/C22H18BrN3O3S/c1-29-19-12-7-15(23)13-18(19)21(28)26-22(30)25-17-10-8-16(9-11-17)24-20(27)14-5-3-2-4-6-14/h2-13H,1H3,(H,24,27)(H2,25,26,28,30). The highest BCUT2D eigenvalue weighted by atomic mass is 79.9. The van der Waals surface area contributed by atoms with Crippen LogP contribution in [0.4, 0.5) is 11.4 Å². The molecule has 0 atom stereocenters. The summed E-state index contributed by atoms with van der Waals surface area (Å²) in [4.78, 5) is 24.7. The van der Waals surface area contributed by atoms with Gasteiger partial charge in [0.15, 0.2) is 5.11 Å². The maximum Gasteiger partial charge on any atom is 0.261 e. The van der Waals surface area contributed by atoms with Gasteiger partial charge in [0.25, 0.3) is 11.8 Å². The fraction of sp³-hybridized carbons (Fsp3) is 0.0455. The number of hydrogen-bond donors (Lipinski definition) is 3. The molecule has 3 aromatic rings. The Kier molecular flexibility index (Phi) is 7.16. The van der Waals surface area contributed by atoms with Gasteiger partial charge >= 0.3 is 0 Å². The Morgan fingerprint density at radius 1 is 0.867 bits per heavy atom. The van der Waals surface area contributed by atoms with Gasteiger partial charge in [-0.15, -0.1) is 0 Å². The minimum absolute atomic E-state index is 0.142. The van der Waals surface area contributed by atoms with Gasteiger partial charge in [0.05, 0.1) is 12.7 Å². The van der Waals surface area contributed by atoms with E-state index < -0.39 is 5.91 Å². The lowest BCUT2D eigenvalue weighted by atomic mass is 10.2. The second-order valence-electron chi connectivity index (χ2n) is 6.15. The van der Waals surface area contributed by atoms with E-state index in [4.69, 9.17) is 17.0 Å². The first kappa shape index (κ1) is 21.5. The van der Waals surface area contributed by atoms with Crippen molar-refractivity contribution >= 4 is 56.4 Å². The maximum atomic E-state index is 12.5. The van der Waals surface area contributed by atoms with Gasteiger partial charge in [-0.1, -0.05) is 34.1 Å². The quantitative estimate of drug-likeness (QED) is 0.452. The molecule has 0 bridgehead atoms. The molecule has 0 radical (unpaired) electrons. The highest BCUT2D eigenvalue weighted by Crippen LogP contribution is 2.23. The SMILES string of the molecule is COc1ccc(Br)cc1C(=O)NC(=S)Nc1ccc(NC(=O)c2ccccc2)cc1. The lowest BCUT2D eigenvalue weighted by Crippen LogP contribution is -2.34. The Balaban J connectivity index is 1.59. The van der Waals surface area contributed by atoms with Crippen LogP contribution in [0.2, 0.25) is 0 Å². The number of ether oxygens (including phenoxy) is 1. The zero-order valence-electron chi connectivity index (χ0n) is 15.9. The molecule has 0 unspecified atom stereocenters. The first-order chi connectivity index (χ1) is 14.5. The predicted octanol–water partition coefficient (Wildman–Crippen LogP) is 4.84. The Morgan fingerprint density at radius 3 is 2.13 bits per heavy atom. The Morgan fingerprint density at radius 2 is 1.50 bits per heavy atom. The summed E-state index contributed by atoms with van der Waals surface area (Å²) in [6.07, 6.45) is 0. The predicted molar refractivity (Wildman–Crippen MR) is 125 cm³/mol. The molecule has 0 spiro atoms. The normalized spacial score (nSPS) is 10.1. The van der Waals surface area contributed by atoms with Gasteiger partial charge in [-0.05, 0) is 66.8 Å². The number of benzene rings is 3. The van der Waals surface area contributed by atoms with E-state index in [1.54, 1.807) is 66.7 Å². The van der Waals surface area contributed by atoms with Crippen molar-refractivity contribution in [1.82, 2.24) is 5.32 Å². The summed E-state index contributed by atoms with van der Waals surface area (Å²) in [7, 11) is 1.49. The van der Waals surface area contributed by atoms with Gasteiger partial charge in [0.2, 0.25) is 0 Å². The van der Waals surface area contributed by atoms with Gasteiger partial charge < -0.3 is 15.4 Å². The monoisotopic (exact) mass is 483 g/mol. The molecule has 0 aromatic heterocycles. The third-order valence-electron chi connectivity index (χ3n) is 4.07. The zero-order chi connectivity index (χ0) is 21.5. The van der Waals surface area contributed by atoms with Crippen LogP contribution in [0.1, 0.15) is 20.7 Å². The molecular formula is C22H18BrN3O3S. The van der Waals surface area contributed by atoms with Crippen LogP contribution in [0, 0.1) is 0 Å². The third-order valence-corrected chi connectivity index (χ3v) is 4.77. The van der Waals surface area contributed by atoms with Crippen molar-refractivity contribution in [3.63, 3.8) is 0 Å². The molecule has 0 aliphatic carbocycles. The van der Waals surface area contributed by atoms with Crippen LogP contribution in [-0.2, 0) is 0 Å². The van der Waals surface area contributed by atoms with E-state index in [2.05, 4.69) is 31.9 Å². The second kappa shape index (κ2) is 10.00. The maximum absolute atomic E-state index is 12.5. The first-order valence-corrected chi connectivity index (χ1v) is 10.1. The number of methoxy groups -OCH3 is 1. The van der Waals surface area contributed by atoms with Crippen LogP contribution < -0.4 is 20.7 Å². The minimum Gasteiger partial charge on any atom is -0.496 e. The second-order valence-corrected chi connectivity index (χ2v) is 7.47. The highest BCUT2D eigenvalue weighted by Gasteiger charge is 2.14. The molecule has 0 aliphatic rings. The summed E-state index contributed by atoms with van der Waals surface area (Å²) in [5, 5.41) is 8.53. The molecule has 2 amide bonds. The number of halogens is 1. The molecule has 152 valence electrons. The number of anilines is 2. The molecule has 3 rings (SSSR count). The van der Waals surface area contributed by atoms with E-state index in [1.807, 2.05) is 6.07 Å².